The number of hydrogen-bond acceptors (Lipinski definition) is 5. The molecule has 1 aliphatic carbocycles. The van der Waals surface area contributed by atoms with E-state index in [2.05, 4.69) is 0 Å². The Morgan fingerprint density at radius 2 is 2.10 bits per heavy atom. The minimum absolute atomic E-state index is 0.00329. The molecular formula is C14H17N3O4. The summed E-state index contributed by atoms with van der Waals surface area (Å²) in [4.78, 5) is 34.6. The number of anilines is 1. The Balaban J connectivity index is 2.40. The van der Waals surface area contributed by atoms with E-state index in [1.807, 2.05) is 0 Å². The van der Waals surface area contributed by atoms with E-state index in [4.69, 9.17) is 5.73 Å². The molecule has 1 aliphatic rings. The molecule has 1 fully saturated rings. The Morgan fingerprint density at radius 1 is 1.43 bits per heavy atom. The molecule has 2 N–H and O–H groups in total. The molecule has 1 aromatic rings. The maximum absolute atomic E-state index is 11.3. The number of nitrogens with zero attached hydrogens (tertiary/aromatic N) is 2. The molecule has 1 aromatic carbocycles. The molecule has 0 aliphatic heterocycles. The van der Waals surface area contributed by atoms with Crippen molar-refractivity contribution in [2.45, 2.75) is 31.7 Å². The van der Waals surface area contributed by atoms with Gasteiger partial charge in [-0.05, 0) is 18.9 Å². The van der Waals surface area contributed by atoms with Crippen LogP contribution in [0.15, 0.2) is 18.2 Å². The number of carbonyl (C=O) groups excluding carboxylic acids is 2. The minimum atomic E-state index is -0.551. The van der Waals surface area contributed by atoms with Crippen molar-refractivity contribution in [3.8, 4) is 0 Å². The van der Waals surface area contributed by atoms with Crippen molar-refractivity contribution in [2.75, 3.05) is 11.4 Å². The van der Waals surface area contributed by atoms with E-state index in [1.165, 1.54) is 18.2 Å². The lowest BCUT2D eigenvalue weighted by molar-refractivity contribution is -0.384. The predicted octanol–water partition coefficient (Wildman–Crippen LogP) is 1.64. The molecule has 7 nitrogen and oxygen atoms in total. The summed E-state index contributed by atoms with van der Waals surface area (Å²) < 4.78 is 0. The van der Waals surface area contributed by atoms with Crippen molar-refractivity contribution in [3.63, 3.8) is 0 Å². The lowest BCUT2D eigenvalue weighted by Crippen LogP contribution is -2.40. The molecule has 0 atom stereocenters. The number of carbonyl (C=O) groups is 2. The molecule has 0 aromatic heterocycles. The van der Waals surface area contributed by atoms with Gasteiger partial charge in [-0.15, -0.1) is 0 Å². The first kappa shape index (κ1) is 15.0. The number of nitro benzene ring substituents is 1. The summed E-state index contributed by atoms with van der Waals surface area (Å²) in [5.74, 6) is -0.489. The average molecular weight is 291 g/mol. The van der Waals surface area contributed by atoms with Gasteiger partial charge in [-0.25, -0.2) is 0 Å². The third-order valence-electron chi connectivity index (χ3n) is 3.75. The Kier molecular flexibility index (Phi) is 4.52. The van der Waals surface area contributed by atoms with Gasteiger partial charge in [0, 0.05) is 29.4 Å². The second kappa shape index (κ2) is 6.34. The number of nitro groups is 1. The number of rotatable bonds is 6. The van der Waals surface area contributed by atoms with Gasteiger partial charge in [-0.2, -0.15) is 0 Å². The molecule has 0 radical (unpaired) electrons. The predicted molar refractivity (Wildman–Crippen MR) is 77.3 cm³/mol. The van der Waals surface area contributed by atoms with Crippen molar-refractivity contribution in [1.29, 1.82) is 0 Å². The molecule has 2 rings (SSSR count). The summed E-state index contributed by atoms with van der Waals surface area (Å²) in [7, 11) is 0. The molecule has 0 heterocycles. The number of amides is 1. The summed E-state index contributed by atoms with van der Waals surface area (Å²) in [6.07, 6.45) is 4.53. The summed E-state index contributed by atoms with van der Waals surface area (Å²) in [5.41, 5.74) is 5.88. The Labute approximate surface area is 121 Å². The first-order valence-electron chi connectivity index (χ1n) is 6.81. The van der Waals surface area contributed by atoms with Crippen LogP contribution in [0.5, 0.6) is 0 Å². The highest BCUT2D eigenvalue weighted by Gasteiger charge is 2.26. The zero-order chi connectivity index (χ0) is 15.4. The van der Waals surface area contributed by atoms with Crippen LogP contribution < -0.4 is 10.6 Å². The van der Waals surface area contributed by atoms with Crippen molar-refractivity contribution in [2.24, 2.45) is 5.73 Å². The molecule has 1 amide bonds. The highest BCUT2D eigenvalue weighted by atomic mass is 16.6. The van der Waals surface area contributed by atoms with E-state index in [-0.39, 0.29) is 23.8 Å². The van der Waals surface area contributed by atoms with Crippen LogP contribution in [0.1, 0.15) is 36.0 Å². The fourth-order valence-corrected chi connectivity index (χ4v) is 2.81. The van der Waals surface area contributed by atoms with Gasteiger partial charge >= 0.3 is 0 Å². The van der Waals surface area contributed by atoms with Gasteiger partial charge in [0.25, 0.3) is 5.69 Å². The van der Waals surface area contributed by atoms with Gasteiger partial charge in [-0.3, -0.25) is 19.7 Å². The zero-order valence-corrected chi connectivity index (χ0v) is 11.5. The van der Waals surface area contributed by atoms with Gasteiger partial charge in [0.15, 0.2) is 6.29 Å². The van der Waals surface area contributed by atoms with Crippen molar-refractivity contribution >= 4 is 23.6 Å². The second-order valence-corrected chi connectivity index (χ2v) is 5.15. The summed E-state index contributed by atoms with van der Waals surface area (Å²) >= 11 is 0. The lowest BCUT2D eigenvalue weighted by Gasteiger charge is -2.30. The van der Waals surface area contributed by atoms with Crippen LogP contribution in [0.2, 0.25) is 0 Å². The molecule has 21 heavy (non-hydrogen) atoms. The summed E-state index contributed by atoms with van der Waals surface area (Å²) in [6.45, 7) is 0.00329. The van der Waals surface area contributed by atoms with Gasteiger partial charge in [0.1, 0.15) is 0 Å². The van der Waals surface area contributed by atoms with Gasteiger partial charge in [-0.1, -0.05) is 12.8 Å². The first-order chi connectivity index (χ1) is 10.0. The van der Waals surface area contributed by atoms with Crippen LogP contribution >= 0.6 is 0 Å². The van der Waals surface area contributed by atoms with Crippen molar-refractivity contribution < 1.29 is 14.5 Å². The fraction of sp³-hybridized carbons (Fsp3) is 0.429. The van der Waals surface area contributed by atoms with E-state index in [1.54, 1.807) is 4.90 Å². The van der Waals surface area contributed by atoms with E-state index < -0.39 is 10.8 Å². The smallest absolute Gasteiger partial charge is 0.270 e. The van der Waals surface area contributed by atoms with Crippen LogP contribution in [0.25, 0.3) is 0 Å². The second-order valence-electron chi connectivity index (χ2n) is 5.15. The van der Waals surface area contributed by atoms with Crippen LogP contribution in [-0.4, -0.2) is 29.7 Å². The Hall–Kier alpha value is -2.44. The highest BCUT2D eigenvalue weighted by molar-refractivity contribution is 5.88. The molecule has 112 valence electrons. The monoisotopic (exact) mass is 291 g/mol. The Bertz CT molecular complexity index is 567. The molecule has 0 bridgehead atoms. The zero-order valence-electron chi connectivity index (χ0n) is 11.5. The molecule has 0 unspecified atom stereocenters. The lowest BCUT2D eigenvalue weighted by atomic mass is 10.1. The van der Waals surface area contributed by atoms with E-state index >= 15 is 0 Å². The number of primary amides is 1. The van der Waals surface area contributed by atoms with Gasteiger partial charge < -0.3 is 10.6 Å². The summed E-state index contributed by atoms with van der Waals surface area (Å²) in [5, 5.41) is 10.8. The quantitative estimate of drug-likeness (QED) is 0.487. The molecule has 1 saturated carbocycles. The Morgan fingerprint density at radius 3 is 2.62 bits per heavy atom. The molecule has 7 heteroatoms. The molecule has 0 saturated heterocycles. The topological polar surface area (TPSA) is 107 Å². The van der Waals surface area contributed by atoms with Crippen molar-refractivity contribution in [3.05, 3.63) is 33.9 Å². The van der Waals surface area contributed by atoms with E-state index in [0.717, 1.165) is 25.7 Å². The van der Waals surface area contributed by atoms with Crippen LogP contribution in [0.3, 0.4) is 0 Å². The minimum Gasteiger partial charge on any atom is -0.368 e. The third-order valence-corrected chi connectivity index (χ3v) is 3.75. The normalized spacial score (nSPS) is 14.9. The van der Waals surface area contributed by atoms with E-state index in [0.29, 0.717) is 12.0 Å². The van der Waals surface area contributed by atoms with Crippen LogP contribution in [0, 0.1) is 10.1 Å². The summed E-state index contributed by atoms with van der Waals surface area (Å²) in [6, 6.07) is 4.22. The molecular weight excluding hydrogens is 274 g/mol. The average Bonchev–Trinajstić information content (AvgIpc) is 2.97. The van der Waals surface area contributed by atoms with Gasteiger partial charge in [0.2, 0.25) is 5.91 Å². The van der Waals surface area contributed by atoms with Gasteiger partial charge in [0.05, 0.1) is 11.5 Å². The first-order valence-corrected chi connectivity index (χ1v) is 6.81. The number of nitrogens with two attached hydrogens (primary N) is 1. The van der Waals surface area contributed by atoms with E-state index in [9.17, 15) is 19.7 Å². The standard InChI is InChI=1S/C14H17N3O4/c15-14(19)8-16(11-3-1-2-4-11)13-6-5-12(17(20)21)7-10(13)9-18/h5-7,9,11H,1-4,8H2,(H2,15,19). The number of hydrogen-bond donors (Lipinski definition) is 1. The fourth-order valence-electron chi connectivity index (χ4n) is 2.81. The SMILES string of the molecule is NC(=O)CN(c1ccc([N+](=O)[O-])cc1C=O)C1CCCC1. The number of aldehydes is 1. The van der Waals surface area contributed by atoms with Crippen LogP contribution in [0.4, 0.5) is 11.4 Å². The number of benzene rings is 1. The van der Waals surface area contributed by atoms with Crippen LogP contribution in [-0.2, 0) is 4.79 Å². The highest BCUT2D eigenvalue weighted by Crippen LogP contribution is 2.31. The molecule has 0 spiro atoms. The maximum atomic E-state index is 11.3. The maximum Gasteiger partial charge on any atom is 0.270 e. The number of non-ortho nitro benzene ring substituents is 1. The largest absolute Gasteiger partial charge is 0.368 e. The third kappa shape index (κ3) is 3.36. The van der Waals surface area contributed by atoms with Crippen molar-refractivity contribution in [1.82, 2.24) is 0 Å².